The molecule has 0 fully saturated rings. The van der Waals surface area contributed by atoms with Crippen molar-refractivity contribution < 1.29 is 22.4 Å². The van der Waals surface area contributed by atoms with Crippen molar-refractivity contribution in [1.82, 2.24) is 0 Å². The van der Waals surface area contributed by atoms with Crippen molar-refractivity contribution in [2.45, 2.75) is 16.2 Å². The summed E-state index contributed by atoms with van der Waals surface area (Å²) in [5, 5.41) is -1.11. The number of hydrogen-bond acceptors (Lipinski definition) is 1. The third-order valence-corrected chi connectivity index (χ3v) is 2.60. The molecule has 0 saturated heterocycles. The van der Waals surface area contributed by atoms with Crippen LogP contribution in [0.15, 0.2) is 11.1 Å². The third-order valence-electron chi connectivity index (χ3n) is 1.62. The highest BCUT2D eigenvalue weighted by molar-refractivity contribution is 6.54. The molecule has 0 amide bonds. The number of ketones is 1. The van der Waals surface area contributed by atoms with Gasteiger partial charge >= 0.3 is 11.8 Å². The molecule has 0 aromatic rings. The summed E-state index contributed by atoms with van der Waals surface area (Å²) in [5.74, 6) is -12.1. The molecule has 0 aliphatic heterocycles. The normalized spacial score (nSPS) is 28.5. The van der Waals surface area contributed by atoms with Gasteiger partial charge in [-0.1, -0.05) is 34.8 Å². The minimum atomic E-state index is -5.00. The van der Waals surface area contributed by atoms with Crippen molar-refractivity contribution in [3.63, 3.8) is 0 Å². The van der Waals surface area contributed by atoms with Gasteiger partial charge in [-0.05, 0) is 6.08 Å². The Morgan fingerprint density at radius 3 is 2.00 bits per heavy atom. The zero-order chi connectivity index (χ0) is 11.4. The summed E-state index contributed by atoms with van der Waals surface area (Å²) in [7, 11) is 0. The van der Waals surface area contributed by atoms with Gasteiger partial charge in [0.1, 0.15) is 0 Å². The second-order valence-electron chi connectivity index (χ2n) is 2.59. The fourth-order valence-corrected chi connectivity index (χ4v) is 1.67. The van der Waals surface area contributed by atoms with Gasteiger partial charge in [0.25, 0.3) is 0 Å². The van der Waals surface area contributed by atoms with E-state index in [1.807, 2.05) is 0 Å². The van der Waals surface area contributed by atoms with E-state index < -0.39 is 27.0 Å². The second-order valence-corrected chi connectivity index (χ2v) is 4.39. The van der Waals surface area contributed by atoms with E-state index in [0.29, 0.717) is 0 Å². The van der Waals surface area contributed by atoms with Gasteiger partial charge in [0, 0.05) is 0 Å². The van der Waals surface area contributed by atoms with Crippen molar-refractivity contribution >= 4 is 40.6 Å². The average molecular weight is 271 g/mol. The summed E-state index contributed by atoms with van der Waals surface area (Å²) in [6, 6.07) is 0. The van der Waals surface area contributed by atoms with Crippen molar-refractivity contribution in [3.8, 4) is 0 Å². The highest BCUT2D eigenvalue weighted by Crippen LogP contribution is 2.54. The number of alkyl halides is 6. The molecule has 1 nitrogen and oxygen atoms in total. The van der Waals surface area contributed by atoms with Gasteiger partial charge < -0.3 is 0 Å². The molecule has 8 heteroatoms. The first-order valence-electron chi connectivity index (χ1n) is 3.10. The Labute approximate surface area is 90.6 Å². The molecule has 0 aromatic heterocycles. The van der Waals surface area contributed by atoms with Crippen molar-refractivity contribution in [1.29, 1.82) is 0 Å². The molecule has 0 radical (unpaired) electrons. The quantitative estimate of drug-likeness (QED) is 0.489. The third kappa shape index (κ3) is 1.33. The van der Waals surface area contributed by atoms with E-state index in [2.05, 4.69) is 0 Å². The van der Waals surface area contributed by atoms with Gasteiger partial charge in [-0.3, -0.25) is 4.79 Å². The van der Waals surface area contributed by atoms with Gasteiger partial charge in [0.2, 0.25) is 10.1 Å². The largest absolute Gasteiger partial charge is 0.375 e. The highest BCUT2D eigenvalue weighted by Gasteiger charge is 2.73. The summed E-state index contributed by atoms with van der Waals surface area (Å²) in [6.45, 7) is 0. The van der Waals surface area contributed by atoms with Crippen LogP contribution in [0.2, 0.25) is 0 Å². The summed E-state index contributed by atoms with van der Waals surface area (Å²) in [5.41, 5.74) is 0. The lowest BCUT2D eigenvalue weighted by atomic mass is 9.96. The molecule has 0 atom stereocenters. The van der Waals surface area contributed by atoms with Crippen LogP contribution < -0.4 is 0 Å². The topological polar surface area (TPSA) is 17.1 Å². The number of allylic oxidation sites excluding steroid dienone is 2. The van der Waals surface area contributed by atoms with Crippen LogP contribution in [0, 0.1) is 0 Å². The minimum absolute atomic E-state index is 0.192. The van der Waals surface area contributed by atoms with Gasteiger partial charge in [0.15, 0.2) is 0 Å². The van der Waals surface area contributed by atoms with E-state index in [0.717, 1.165) is 0 Å². The zero-order valence-corrected chi connectivity index (χ0v) is 8.40. The molecular formula is C6HCl3F4O. The Hall–Kier alpha value is -0.000000000000000111. The predicted octanol–water partition coefficient (Wildman–Crippen LogP) is 3.14. The average Bonchev–Trinajstić information content (AvgIpc) is 1.99. The summed E-state index contributed by atoms with van der Waals surface area (Å²) in [6.07, 6.45) is 0.192. The first-order valence-corrected chi connectivity index (χ1v) is 4.24. The minimum Gasteiger partial charge on any atom is -0.286 e. The van der Waals surface area contributed by atoms with E-state index in [1.165, 1.54) is 0 Å². The van der Waals surface area contributed by atoms with Crippen LogP contribution in [0.1, 0.15) is 0 Å². The highest BCUT2D eigenvalue weighted by atomic mass is 35.5. The van der Waals surface area contributed by atoms with Gasteiger partial charge in [-0.15, -0.1) is 0 Å². The number of hydrogen-bond donors (Lipinski definition) is 0. The van der Waals surface area contributed by atoms with E-state index in [9.17, 15) is 22.4 Å². The van der Waals surface area contributed by atoms with E-state index in [1.54, 1.807) is 0 Å². The molecule has 1 aliphatic rings. The van der Waals surface area contributed by atoms with Crippen LogP contribution in [0.25, 0.3) is 0 Å². The molecule has 1 aliphatic carbocycles. The lowest BCUT2D eigenvalue weighted by Crippen LogP contribution is -2.59. The van der Waals surface area contributed by atoms with Crippen LogP contribution in [0.5, 0.6) is 0 Å². The van der Waals surface area contributed by atoms with Crippen molar-refractivity contribution in [2.24, 2.45) is 0 Å². The molecule has 0 bridgehead atoms. The van der Waals surface area contributed by atoms with Crippen molar-refractivity contribution in [2.75, 3.05) is 0 Å². The Balaban J connectivity index is 3.42. The second kappa shape index (κ2) is 3.00. The SMILES string of the molecule is O=C1C(Cl)=CC(Cl)(Cl)C(F)(F)C1(F)F. The maximum atomic E-state index is 12.8. The number of carbonyl (C=O) groups excluding carboxylic acids is 1. The fraction of sp³-hybridized carbons (Fsp3) is 0.500. The molecule has 14 heavy (non-hydrogen) atoms. The van der Waals surface area contributed by atoms with E-state index >= 15 is 0 Å². The van der Waals surface area contributed by atoms with Gasteiger partial charge in [-0.2, -0.15) is 17.6 Å². The number of halogens is 7. The molecule has 0 saturated carbocycles. The lowest BCUT2D eigenvalue weighted by Gasteiger charge is -2.35. The lowest BCUT2D eigenvalue weighted by molar-refractivity contribution is -0.208. The Morgan fingerprint density at radius 2 is 1.57 bits per heavy atom. The van der Waals surface area contributed by atoms with Crippen LogP contribution in [-0.4, -0.2) is 22.0 Å². The van der Waals surface area contributed by atoms with Crippen LogP contribution >= 0.6 is 34.8 Å². The molecule has 80 valence electrons. The maximum absolute atomic E-state index is 12.8. The Morgan fingerprint density at radius 1 is 1.14 bits per heavy atom. The molecule has 0 unspecified atom stereocenters. The molecular weight excluding hydrogens is 270 g/mol. The molecule has 0 N–H and O–H groups in total. The van der Waals surface area contributed by atoms with Crippen LogP contribution in [0.4, 0.5) is 17.6 Å². The molecule has 0 heterocycles. The molecule has 0 aromatic carbocycles. The zero-order valence-electron chi connectivity index (χ0n) is 6.13. The standard InChI is InChI=1S/C6HCl3F4O/c7-2-1-4(8,9)6(12,13)5(10,11)3(2)14/h1H. The van der Waals surface area contributed by atoms with Gasteiger partial charge in [-0.25, -0.2) is 0 Å². The number of carbonyl (C=O) groups is 1. The number of Topliss-reactive ketones (excluding diaryl/α,β-unsaturated/α-hetero) is 1. The van der Waals surface area contributed by atoms with Gasteiger partial charge in [0.05, 0.1) is 5.03 Å². The van der Waals surface area contributed by atoms with Crippen LogP contribution in [-0.2, 0) is 4.79 Å². The fourth-order valence-electron chi connectivity index (χ4n) is 0.817. The molecule has 0 spiro atoms. The smallest absolute Gasteiger partial charge is 0.286 e. The maximum Gasteiger partial charge on any atom is 0.375 e. The summed E-state index contributed by atoms with van der Waals surface area (Å²) in [4.78, 5) is 10.6. The molecule has 1 rings (SSSR count). The van der Waals surface area contributed by atoms with E-state index in [4.69, 9.17) is 34.8 Å². The number of rotatable bonds is 0. The van der Waals surface area contributed by atoms with E-state index in [-0.39, 0.29) is 6.08 Å². The first kappa shape index (κ1) is 12.1. The Kier molecular flexibility index (Phi) is 2.58. The predicted molar refractivity (Wildman–Crippen MR) is 43.3 cm³/mol. The van der Waals surface area contributed by atoms with Crippen molar-refractivity contribution in [3.05, 3.63) is 11.1 Å². The first-order chi connectivity index (χ1) is 6.04. The monoisotopic (exact) mass is 270 g/mol. The van der Waals surface area contributed by atoms with Crippen LogP contribution in [0.3, 0.4) is 0 Å². The Bertz CT molecular complexity index is 323. The summed E-state index contributed by atoms with van der Waals surface area (Å²) >= 11 is 14.9. The summed E-state index contributed by atoms with van der Waals surface area (Å²) < 4.78 is 48.0.